The molecule has 1 heterocycles. The van der Waals surface area contributed by atoms with Crippen LogP contribution in [-0.4, -0.2) is 11.9 Å². The van der Waals surface area contributed by atoms with Crippen LogP contribution in [0.2, 0.25) is 0 Å². The van der Waals surface area contributed by atoms with Gasteiger partial charge in [0.1, 0.15) is 0 Å². The van der Waals surface area contributed by atoms with Crippen LogP contribution in [0.5, 0.6) is 0 Å². The molecular weight excluding hydrogens is 148 g/mol. The molecule has 10 heavy (non-hydrogen) atoms. The molecule has 2 rings (SSSR count). The van der Waals surface area contributed by atoms with Gasteiger partial charge in [-0.2, -0.15) is 0 Å². The Labute approximate surface area is 67.3 Å². The lowest BCUT2D eigenvalue weighted by Gasteiger charge is -2.18. The van der Waals surface area contributed by atoms with Crippen LogP contribution >= 0.6 is 12.4 Å². The Morgan fingerprint density at radius 2 is 2.30 bits per heavy atom. The van der Waals surface area contributed by atoms with E-state index in [9.17, 15) is 0 Å². The van der Waals surface area contributed by atoms with Crippen molar-refractivity contribution in [2.24, 2.45) is 11.8 Å². The van der Waals surface area contributed by atoms with Crippen LogP contribution in [-0.2, 0) is 0 Å². The summed E-state index contributed by atoms with van der Waals surface area (Å²) >= 11 is 0. The molecule has 2 fully saturated rings. The predicted molar refractivity (Wildman–Crippen MR) is 43.8 cm³/mol. The van der Waals surface area contributed by atoms with Gasteiger partial charge in [-0.05, 0) is 18.3 Å². The van der Waals surface area contributed by atoms with E-state index in [0.717, 1.165) is 24.1 Å². The molecule has 0 unspecified atom stereocenters. The van der Waals surface area contributed by atoms with Gasteiger partial charge in [0.25, 0.3) is 0 Å². The molecule has 0 aromatic heterocycles. The minimum atomic E-state index is 0. The van der Waals surface area contributed by atoms with Crippen LogP contribution in [0.3, 0.4) is 0 Å². The third-order valence-corrected chi connectivity index (χ3v) is 2.46. The summed E-state index contributed by atoms with van der Waals surface area (Å²) in [4.78, 5) is 0. The first-order valence-electron chi connectivity index (χ1n) is 3.61. The van der Waals surface area contributed by atoms with E-state index >= 15 is 0 Å². The van der Waals surface area contributed by atoms with E-state index in [4.69, 9.17) is 5.41 Å². The molecule has 2 N–H and O–H groups in total. The van der Waals surface area contributed by atoms with E-state index in [2.05, 4.69) is 12.2 Å². The SMILES string of the molecule is C[C@@H]1CC(=N)N[C@H]2C[C@H]12.Cl. The van der Waals surface area contributed by atoms with Crippen LogP contribution in [0.25, 0.3) is 0 Å². The molecule has 0 bridgehead atoms. The summed E-state index contributed by atoms with van der Waals surface area (Å²) in [6.45, 7) is 2.25. The van der Waals surface area contributed by atoms with Gasteiger partial charge in [0.15, 0.2) is 0 Å². The number of halogens is 1. The highest BCUT2D eigenvalue weighted by molar-refractivity contribution is 5.85. The lowest BCUT2D eigenvalue weighted by atomic mass is 9.99. The molecule has 0 spiro atoms. The quantitative estimate of drug-likeness (QED) is 0.552. The van der Waals surface area contributed by atoms with Gasteiger partial charge in [-0.3, -0.25) is 5.41 Å². The van der Waals surface area contributed by atoms with Gasteiger partial charge in [0.2, 0.25) is 0 Å². The van der Waals surface area contributed by atoms with Crippen molar-refractivity contribution in [3.05, 3.63) is 0 Å². The number of hydrogen-bond acceptors (Lipinski definition) is 1. The zero-order valence-electron chi connectivity index (χ0n) is 6.05. The van der Waals surface area contributed by atoms with Gasteiger partial charge < -0.3 is 5.32 Å². The highest BCUT2D eigenvalue weighted by Gasteiger charge is 2.44. The maximum absolute atomic E-state index is 7.36. The first kappa shape index (κ1) is 7.86. The number of piperidine rings is 1. The molecule has 3 heteroatoms. The van der Waals surface area contributed by atoms with Crippen molar-refractivity contribution in [1.29, 1.82) is 5.41 Å². The molecule has 1 aliphatic heterocycles. The molecule has 1 aliphatic carbocycles. The predicted octanol–water partition coefficient (Wildman–Crippen LogP) is 1.40. The van der Waals surface area contributed by atoms with Crippen molar-refractivity contribution >= 4 is 18.2 Å². The van der Waals surface area contributed by atoms with Crippen molar-refractivity contribution in [3.63, 3.8) is 0 Å². The average molecular weight is 161 g/mol. The van der Waals surface area contributed by atoms with Crippen LogP contribution < -0.4 is 5.32 Å². The standard InChI is InChI=1S/C7H12N2.ClH/c1-4-2-7(8)9-6-3-5(4)6;/h4-6H,2-3H2,1H3,(H2,8,9);1H/t4-,5-,6+;/m1./s1. The first-order valence-corrected chi connectivity index (χ1v) is 3.61. The van der Waals surface area contributed by atoms with Crippen molar-refractivity contribution in [1.82, 2.24) is 5.32 Å². The topological polar surface area (TPSA) is 35.9 Å². The van der Waals surface area contributed by atoms with Gasteiger partial charge in [-0.25, -0.2) is 0 Å². The van der Waals surface area contributed by atoms with E-state index < -0.39 is 0 Å². The van der Waals surface area contributed by atoms with Crippen molar-refractivity contribution in [2.45, 2.75) is 25.8 Å². The molecule has 0 aromatic rings. The highest BCUT2D eigenvalue weighted by atomic mass is 35.5. The molecule has 58 valence electrons. The Balaban J connectivity index is 0.000000500. The van der Waals surface area contributed by atoms with Crippen LogP contribution in [0, 0.1) is 17.2 Å². The maximum atomic E-state index is 7.36. The van der Waals surface area contributed by atoms with Gasteiger partial charge in [-0.1, -0.05) is 6.92 Å². The van der Waals surface area contributed by atoms with Crippen molar-refractivity contribution in [2.75, 3.05) is 0 Å². The molecule has 1 saturated heterocycles. The minimum Gasteiger partial charge on any atom is -0.371 e. The second-order valence-electron chi connectivity index (χ2n) is 3.31. The number of nitrogens with one attached hydrogen (secondary N) is 2. The third-order valence-electron chi connectivity index (χ3n) is 2.46. The zero-order chi connectivity index (χ0) is 6.43. The van der Waals surface area contributed by atoms with Gasteiger partial charge >= 0.3 is 0 Å². The fourth-order valence-corrected chi connectivity index (χ4v) is 1.77. The lowest BCUT2D eigenvalue weighted by Crippen LogP contribution is -2.33. The average Bonchev–Trinajstić information content (AvgIpc) is 2.43. The van der Waals surface area contributed by atoms with Gasteiger partial charge in [0, 0.05) is 12.5 Å². The third kappa shape index (κ3) is 1.12. The number of fused-ring (bicyclic) bond motifs is 1. The smallest absolute Gasteiger partial charge is 0.0936 e. The van der Waals surface area contributed by atoms with Crippen molar-refractivity contribution < 1.29 is 0 Å². The summed E-state index contributed by atoms with van der Waals surface area (Å²) < 4.78 is 0. The van der Waals surface area contributed by atoms with Crippen molar-refractivity contribution in [3.8, 4) is 0 Å². The summed E-state index contributed by atoms with van der Waals surface area (Å²) in [5, 5.41) is 10.5. The Bertz CT molecular complexity index is 158. The summed E-state index contributed by atoms with van der Waals surface area (Å²) in [6.07, 6.45) is 2.28. The number of rotatable bonds is 0. The second kappa shape index (κ2) is 2.42. The number of amidine groups is 1. The minimum absolute atomic E-state index is 0. The molecule has 2 aliphatic rings. The Morgan fingerprint density at radius 3 is 2.90 bits per heavy atom. The maximum Gasteiger partial charge on any atom is 0.0936 e. The Hall–Kier alpha value is -0.240. The van der Waals surface area contributed by atoms with Gasteiger partial charge in [0.05, 0.1) is 5.84 Å². The summed E-state index contributed by atoms with van der Waals surface area (Å²) in [7, 11) is 0. The fraction of sp³-hybridized carbons (Fsp3) is 0.857. The van der Waals surface area contributed by atoms with E-state index in [-0.39, 0.29) is 12.4 Å². The molecule has 3 atom stereocenters. The van der Waals surface area contributed by atoms with E-state index in [1.807, 2.05) is 0 Å². The summed E-state index contributed by atoms with van der Waals surface area (Å²) in [5.41, 5.74) is 0. The number of hydrogen-bond donors (Lipinski definition) is 2. The lowest BCUT2D eigenvalue weighted by molar-refractivity contribution is 0.473. The highest BCUT2D eigenvalue weighted by Crippen LogP contribution is 2.41. The molecule has 2 nitrogen and oxygen atoms in total. The molecular formula is C7H13ClN2. The molecule has 1 saturated carbocycles. The largest absolute Gasteiger partial charge is 0.371 e. The monoisotopic (exact) mass is 160 g/mol. The molecule has 0 radical (unpaired) electrons. The van der Waals surface area contributed by atoms with Crippen LogP contribution in [0.4, 0.5) is 0 Å². The van der Waals surface area contributed by atoms with E-state index in [1.54, 1.807) is 0 Å². The second-order valence-corrected chi connectivity index (χ2v) is 3.31. The van der Waals surface area contributed by atoms with Crippen LogP contribution in [0.15, 0.2) is 0 Å². The Morgan fingerprint density at radius 1 is 1.60 bits per heavy atom. The Kier molecular flexibility index (Phi) is 1.90. The fourth-order valence-electron chi connectivity index (χ4n) is 1.77. The van der Waals surface area contributed by atoms with E-state index in [0.29, 0.717) is 6.04 Å². The van der Waals surface area contributed by atoms with Gasteiger partial charge in [-0.15, -0.1) is 12.4 Å². The van der Waals surface area contributed by atoms with Crippen LogP contribution in [0.1, 0.15) is 19.8 Å². The molecule has 0 aromatic carbocycles. The molecule has 0 amide bonds. The van der Waals surface area contributed by atoms with E-state index in [1.165, 1.54) is 6.42 Å². The zero-order valence-corrected chi connectivity index (χ0v) is 6.87. The summed E-state index contributed by atoms with van der Waals surface area (Å²) in [5.74, 6) is 2.42. The normalized spacial score (nSPS) is 42.9. The summed E-state index contributed by atoms with van der Waals surface area (Å²) in [6, 6.07) is 0.682. The first-order chi connectivity index (χ1) is 4.27.